The van der Waals surface area contributed by atoms with Crippen molar-refractivity contribution >= 4 is 17.5 Å². The summed E-state index contributed by atoms with van der Waals surface area (Å²) in [5, 5.41) is 12.9. The van der Waals surface area contributed by atoms with Gasteiger partial charge < -0.3 is 15.0 Å². The van der Waals surface area contributed by atoms with Crippen molar-refractivity contribution in [3.63, 3.8) is 0 Å². The number of nitriles is 1. The van der Waals surface area contributed by atoms with E-state index in [2.05, 4.69) is 61.9 Å². The molecule has 3 fully saturated rings. The number of amides is 1. The third kappa shape index (κ3) is 4.57. The van der Waals surface area contributed by atoms with Gasteiger partial charge in [-0.3, -0.25) is 9.69 Å². The van der Waals surface area contributed by atoms with Crippen molar-refractivity contribution in [3.8, 4) is 23.7 Å². The molecule has 1 N–H and O–H groups in total. The minimum absolute atomic E-state index is 0.00402. The lowest BCUT2D eigenvalue weighted by molar-refractivity contribution is -0.199. The normalized spacial score (nSPS) is 25.7. The molecule has 1 amide bonds. The van der Waals surface area contributed by atoms with Crippen molar-refractivity contribution in [1.82, 2.24) is 15.1 Å². The summed E-state index contributed by atoms with van der Waals surface area (Å²) in [7, 11) is 0. The molecule has 3 heterocycles. The molecule has 2 aromatic carbocycles. The van der Waals surface area contributed by atoms with Crippen LogP contribution in [0.3, 0.4) is 0 Å². The molecule has 208 valence electrons. The Kier molecular flexibility index (Phi) is 6.86. The molecule has 1 saturated carbocycles. The van der Waals surface area contributed by atoms with Crippen LogP contribution in [0.15, 0.2) is 36.4 Å². The van der Waals surface area contributed by atoms with Crippen molar-refractivity contribution < 1.29 is 9.53 Å². The van der Waals surface area contributed by atoms with Crippen LogP contribution in [0.5, 0.6) is 5.75 Å². The molecule has 2 aromatic rings. The van der Waals surface area contributed by atoms with Crippen LogP contribution in [-0.4, -0.2) is 60.1 Å². The van der Waals surface area contributed by atoms with E-state index in [1.54, 1.807) is 18.2 Å². The van der Waals surface area contributed by atoms with Gasteiger partial charge in [-0.2, -0.15) is 5.26 Å². The average Bonchev–Trinajstić information content (AvgIpc) is 3.20. The fraction of sp³-hybridized carbons (Fsp3) is 0.515. The van der Waals surface area contributed by atoms with Crippen LogP contribution >= 0.6 is 11.6 Å². The highest BCUT2D eigenvalue weighted by Gasteiger charge is 2.67. The van der Waals surface area contributed by atoms with Gasteiger partial charge in [0, 0.05) is 65.7 Å². The lowest BCUT2D eigenvalue weighted by atomic mass is 9.49. The maximum Gasteiger partial charge on any atom is 0.254 e. The Morgan fingerprint density at radius 3 is 2.40 bits per heavy atom. The maximum atomic E-state index is 13.6. The smallest absolute Gasteiger partial charge is 0.254 e. The standard InChI is InChI=1S/C33H37ClN4O2/c1-32(2)30(33(3,4)31(32)40-26-9-8-23(17-35)28(34)16-26)38-20-24-15-22(7-10-27(24)29(38)39)6-5-21-11-13-37(14-12-21)25-18-36-19-25/h7-10,15-16,21,25,30-31,36H,11-14,18-20H2,1-4H3. The van der Waals surface area contributed by atoms with E-state index in [0.717, 1.165) is 55.7 Å². The zero-order valence-corrected chi connectivity index (χ0v) is 24.5. The average molecular weight is 557 g/mol. The second-order valence-electron chi connectivity index (χ2n) is 13.0. The predicted octanol–water partition coefficient (Wildman–Crippen LogP) is 5.08. The molecule has 0 radical (unpaired) electrons. The molecule has 4 aliphatic rings. The van der Waals surface area contributed by atoms with Gasteiger partial charge in [-0.1, -0.05) is 51.1 Å². The number of ether oxygens (including phenoxy) is 1. The second-order valence-corrected chi connectivity index (χ2v) is 13.4. The van der Waals surface area contributed by atoms with Crippen LogP contribution in [0.1, 0.15) is 67.6 Å². The number of piperidine rings is 1. The summed E-state index contributed by atoms with van der Waals surface area (Å²) in [6, 6.07) is 14.1. The molecular formula is C33H37ClN4O2. The molecule has 3 aliphatic heterocycles. The molecule has 2 saturated heterocycles. The number of halogens is 1. The zero-order chi connectivity index (χ0) is 28.2. The topological polar surface area (TPSA) is 68.6 Å². The summed E-state index contributed by atoms with van der Waals surface area (Å²) >= 11 is 6.25. The highest BCUT2D eigenvalue weighted by Crippen LogP contribution is 2.59. The molecule has 6 rings (SSSR count). The first-order valence-electron chi connectivity index (χ1n) is 14.4. The van der Waals surface area contributed by atoms with Gasteiger partial charge >= 0.3 is 0 Å². The van der Waals surface area contributed by atoms with E-state index in [-0.39, 0.29) is 28.9 Å². The van der Waals surface area contributed by atoms with Crippen molar-refractivity contribution in [2.24, 2.45) is 16.7 Å². The van der Waals surface area contributed by atoms with E-state index in [4.69, 9.17) is 16.3 Å². The third-order valence-electron chi connectivity index (χ3n) is 9.55. The van der Waals surface area contributed by atoms with Gasteiger partial charge in [0.05, 0.1) is 10.6 Å². The number of carbonyl (C=O) groups excluding carboxylic acids is 1. The SMILES string of the molecule is CC1(C)C(Oc2ccc(C#N)c(Cl)c2)C(C)(C)C1N1Cc2cc(C#CC3CCN(C4CNC4)CC3)ccc2C1=O. The zero-order valence-electron chi connectivity index (χ0n) is 23.8. The molecule has 40 heavy (non-hydrogen) atoms. The number of fused-ring (bicyclic) bond motifs is 1. The Morgan fingerprint density at radius 2 is 1.77 bits per heavy atom. The molecule has 0 bridgehead atoms. The largest absolute Gasteiger partial charge is 0.489 e. The number of rotatable bonds is 4. The summed E-state index contributed by atoms with van der Waals surface area (Å²) < 4.78 is 6.45. The number of benzene rings is 2. The van der Waals surface area contributed by atoms with Crippen molar-refractivity contribution in [1.29, 1.82) is 5.26 Å². The van der Waals surface area contributed by atoms with Crippen LogP contribution in [0.25, 0.3) is 0 Å². The first-order chi connectivity index (χ1) is 19.1. The fourth-order valence-electron chi connectivity index (χ4n) is 7.77. The molecule has 0 unspecified atom stereocenters. The highest BCUT2D eigenvalue weighted by molar-refractivity contribution is 6.31. The Hall–Kier alpha value is -3.03. The Labute approximate surface area is 242 Å². The van der Waals surface area contributed by atoms with E-state index in [9.17, 15) is 10.1 Å². The van der Waals surface area contributed by atoms with Crippen LogP contribution in [0.4, 0.5) is 0 Å². The highest BCUT2D eigenvalue weighted by atomic mass is 35.5. The maximum absolute atomic E-state index is 13.6. The minimum Gasteiger partial charge on any atom is -0.489 e. The molecule has 7 heteroatoms. The molecule has 6 nitrogen and oxygen atoms in total. The van der Waals surface area contributed by atoms with Gasteiger partial charge in [-0.05, 0) is 61.8 Å². The third-order valence-corrected chi connectivity index (χ3v) is 9.86. The van der Waals surface area contributed by atoms with Gasteiger partial charge in [0.15, 0.2) is 0 Å². The number of carbonyl (C=O) groups is 1. The van der Waals surface area contributed by atoms with E-state index >= 15 is 0 Å². The monoisotopic (exact) mass is 556 g/mol. The number of nitrogens with zero attached hydrogens (tertiary/aromatic N) is 3. The molecular weight excluding hydrogens is 520 g/mol. The van der Waals surface area contributed by atoms with E-state index in [1.165, 1.54) is 0 Å². The first-order valence-corrected chi connectivity index (χ1v) is 14.7. The van der Waals surface area contributed by atoms with Gasteiger partial charge in [0.25, 0.3) is 5.91 Å². The lowest BCUT2D eigenvalue weighted by Gasteiger charge is -2.65. The summed E-state index contributed by atoms with van der Waals surface area (Å²) in [6.45, 7) is 13.8. The molecule has 0 spiro atoms. The predicted molar refractivity (Wildman–Crippen MR) is 156 cm³/mol. The van der Waals surface area contributed by atoms with E-state index in [0.29, 0.717) is 34.8 Å². The van der Waals surface area contributed by atoms with Gasteiger partial charge in [0.1, 0.15) is 17.9 Å². The van der Waals surface area contributed by atoms with Crippen LogP contribution in [0.2, 0.25) is 5.02 Å². The molecule has 0 aromatic heterocycles. The van der Waals surface area contributed by atoms with Crippen LogP contribution < -0.4 is 10.1 Å². The number of likely N-dealkylation sites (tertiary alicyclic amines) is 1. The fourth-order valence-corrected chi connectivity index (χ4v) is 7.98. The van der Waals surface area contributed by atoms with Crippen molar-refractivity contribution in [2.75, 3.05) is 26.2 Å². The Morgan fingerprint density at radius 1 is 1.05 bits per heavy atom. The van der Waals surface area contributed by atoms with Crippen LogP contribution in [0, 0.1) is 39.9 Å². The van der Waals surface area contributed by atoms with Gasteiger partial charge in [0.2, 0.25) is 0 Å². The second kappa shape index (κ2) is 10.1. The summed E-state index contributed by atoms with van der Waals surface area (Å²) in [6.07, 6.45) is 2.13. The lowest BCUT2D eigenvalue weighted by Crippen LogP contribution is -2.74. The summed E-state index contributed by atoms with van der Waals surface area (Å²) in [5.41, 5.74) is 2.69. The summed E-state index contributed by atoms with van der Waals surface area (Å²) in [5.74, 6) is 8.10. The summed E-state index contributed by atoms with van der Waals surface area (Å²) in [4.78, 5) is 18.2. The number of nitrogens with one attached hydrogen (secondary N) is 1. The van der Waals surface area contributed by atoms with Crippen molar-refractivity contribution in [2.45, 2.75) is 65.3 Å². The molecule has 0 atom stereocenters. The molecule has 1 aliphatic carbocycles. The quantitative estimate of drug-likeness (QED) is 0.532. The Bertz CT molecular complexity index is 1420. The number of hydrogen-bond acceptors (Lipinski definition) is 5. The van der Waals surface area contributed by atoms with Gasteiger partial charge in [-0.15, -0.1) is 0 Å². The van der Waals surface area contributed by atoms with E-state index in [1.807, 2.05) is 17.0 Å². The van der Waals surface area contributed by atoms with Crippen LogP contribution in [-0.2, 0) is 6.54 Å². The van der Waals surface area contributed by atoms with Gasteiger partial charge in [-0.25, -0.2) is 0 Å². The minimum atomic E-state index is -0.283. The number of hydrogen-bond donors (Lipinski definition) is 1. The first kappa shape index (κ1) is 27.2. The van der Waals surface area contributed by atoms with E-state index < -0.39 is 0 Å². The Balaban J connectivity index is 1.13. The van der Waals surface area contributed by atoms with Crippen molar-refractivity contribution in [3.05, 3.63) is 63.7 Å².